The third-order valence-corrected chi connectivity index (χ3v) is 23.0. The first-order valence-corrected chi connectivity index (χ1v) is 27.8. The average molecular weight is 945 g/mol. The number of nitrogens with zero attached hydrogens (tertiary/aromatic N) is 7. The highest BCUT2D eigenvalue weighted by molar-refractivity contribution is 6.81. The number of rotatable bonds is 17. The number of aromatic nitrogens is 5. The zero-order valence-corrected chi connectivity index (χ0v) is 44.4. The molecule has 8 rings (SSSR count). The molecule has 2 aliphatic heterocycles. The van der Waals surface area contributed by atoms with Gasteiger partial charge in [0.25, 0.3) is 0 Å². The van der Waals surface area contributed by atoms with Gasteiger partial charge in [-0.2, -0.15) is 5.10 Å². The maximum Gasteiger partial charge on any atom is 0.232 e. The normalized spacial score (nSPS) is 24.8. The maximum absolute atomic E-state index is 13.9. The highest BCUT2D eigenvalue weighted by Crippen LogP contribution is 2.68. The van der Waals surface area contributed by atoms with Crippen LogP contribution in [-0.2, 0) is 21.2 Å². The average Bonchev–Trinajstić information content (AvgIpc) is 3.92. The SMILES string of the molecule is CC1CCCC(C)N1c1nnc2ccc(OC3CCC(CCCC(=O)Nc4cc(C(C)(C)C)nn4-c4ccc(CO[Si]5(C(C)C)C(C)C(C)(C)C5C)c(OCCN(C)C)c4)c4ccccc43)cn12. The van der Waals surface area contributed by atoms with E-state index in [0.717, 1.165) is 85.1 Å². The van der Waals surface area contributed by atoms with Crippen molar-refractivity contribution in [1.82, 2.24) is 29.3 Å². The Balaban J connectivity index is 0.945. The highest BCUT2D eigenvalue weighted by Gasteiger charge is 2.67. The molecule has 1 amide bonds. The van der Waals surface area contributed by atoms with Crippen molar-refractivity contribution in [2.45, 2.75) is 180 Å². The molecule has 13 heteroatoms. The lowest BCUT2D eigenvalue weighted by Crippen LogP contribution is -2.66. The van der Waals surface area contributed by atoms with Crippen LogP contribution in [0.25, 0.3) is 11.3 Å². The van der Waals surface area contributed by atoms with Gasteiger partial charge in [0.15, 0.2) is 5.65 Å². The van der Waals surface area contributed by atoms with Crippen molar-refractivity contribution in [1.29, 1.82) is 0 Å². The number of ether oxygens (including phenoxy) is 2. The van der Waals surface area contributed by atoms with E-state index in [4.69, 9.17) is 19.0 Å². The van der Waals surface area contributed by atoms with Crippen molar-refractivity contribution in [2.24, 2.45) is 5.41 Å². The summed E-state index contributed by atoms with van der Waals surface area (Å²) in [5.74, 6) is 3.49. The van der Waals surface area contributed by atoms with Gasteiger partial charge in [-0.05, 0) is 130 Å². The monoisotopic (exact) mass is 945 g/mol. The van der Waals surface area contributed by atoms with E-state index in [1.807, 2.05) is 22.9 Å². The minimum atomic E-state index is -2.05. The van der Waals surface area contributed by atoms with Crippen LogP contribution in [0.1, 0.15) is 162 Å². The number of benzene rings is 2. The molecule has 0 radical (unpaired) electrons. The van der Waals surface area contributed by atoms with Crippen molar-refractivity contribution in [2.75, 3.05) is 37.5 Å². The third kappa shape index (κ3) is 9.86. The molecule has 6 unspecified atom stereocenters. The summed E-state index contributed by atoms with van der Waals surface area (Å²) in [7, 11) is 2.06. The molecule has 1 N–H and O–H groups in total. The summed E-state index contributed by atoms with van der Waals surface area (Å²) in [4.78, 5) is 18.4. The van der Waals surface area contributed by atoms with E-state index >= 15 is 0 Å². The standard InChI is InChI=1S/C55H80N8O4Si/c1-36(2)68(39(5)55(10,11)40(68)6)66-35-42-24-26-43(32-48(42)65-31-30-60(12)13)63-51(33-49(59-63)54(7,8)9)56-52(64)23-17-20-41-25-28-47(46-22-15-14-21-45(41)46)67-44-27-29-50-57-58-53(61(50)34-44)62-37(3)18-16-19-38(62)4/h14-15,21-22,24,26-27,29,32-34,36-41,47H,16-20,23,25,28,30-31,35H2,1-13H3,(H,56,64). The fraction of sp³-hybridized carbons (Fsp3) is 0.600. The minimum Gasteiger partial charge on any atom is -0.492 e. The summed E-state index contributed by atoms with van der Waals surface area (Å²) in [5.41, 5.74) is 7.82. The van der Waals surface area contributed by atoms with Gasteiger partial charge in [-0.15, -0.1) is 10.2 Å². The van der Waals surface area contributed by atoms with Crippen LogP contribution in [0.5, 0.6) is 11.5 Å². The lowest BCUT2D eigenvalue weighted by atomic mass is 9.79. The molecule has 2 aromatic carbocycles. The number of likely N-dealkylation sites (N-methyl/N-ethyl adjacent to an activating group) is 1. The molecule has 3 aliphatic rings. The number of fused-ring (bicyclic) bond motifs is 2. The molecule has 5 aromatic rings. The number of nitrogens with one attached hydrogen (secondary N) is 1. The number of hydrogen-bond acceptors (Lipinski definition) is 9. The summed E-state index contributed by atoms with van der Waals surface area (Å²) >= 11 is 0. The number of anilines is 2. The summed E-state index contributed by atoms with van der Waals surface area (Å²) in [6, 6.07) is 21.9. The van der Waals surface area contributed by atoms with E-state index in [1.165, 1.54) is 17.5 Å². The van der Waals surface area contributed by atoms with Gasteiger partial charge in [0.2, 0.25) is 20.2 Å². The van der Waals surface area contributed by atoms with Crippen LogP contribution in [0.4, 0.5) is 11.8 Å². The van der Waals surface area contributed by atoms with Crippen LogP contribution >= 0.6 is 0 Å². The molecule has 0 bridgehead atoms. The van der Waals surface area contributed by atoms with Gasteiger partial charge in [0.1, 0.15) is 30.0 Å². The molecular formula is C55H80N8O4Si. The topological polar surface area (TPSA) is 111 Å². The summed E-state index contributed by atoms with van der Waals surface area (Å²) in [5, 5.41) is 17.5. The molecule has 6 atom stereocenters. The largest absolute Gasteiger partial charge is 0.492 e. The number of hydrogen-bond donors (Lipinski definition) is 1. The fourth-order valence-corrected chi connectivity index (χ4v) is 18.3. The first-order valence-electron chi connectivity index (χ1n) is 25.6. The zero-order chi connectivity index (χ0) is 48.7. The molecule has 0 spiro atoms. The van der Waals surface area contributed by atoms with E-state index in [1.54, 1.807) is 0 Å². The van der Waals surface area contributed by atoms with Gasteiger partial charge < -0.3 is 29.0 Å². The predicted octanol–water partition coefficient (Wildman–Crippen LogP) is 12.4. The lowest BCUT2D eigenvalue weighted by Gasteiger charge is -2.64. The zero-order valence-electron chi connectivity index (χ0n) is 43.4. The molecular weight excluding hydrogens is 865 g/mol. The van der Waals surface area contributed by atoms with Gasteiger partial charge in [-0.25, -0.2) is 4.68 Å². The van der Waals surface area contributed by atoms with Crippen LogP contribution < -0.4 is 19.7 Å². The summed E-state index contributed by atoms with van der Waals surface area (Å²) < 4.78 is 24.5. The van der Waals surface area contributed by atoms with Crippen molar-refractivity contribution >= 4 is 31.6 Å². The van der Waals surface area contributed by atoms with Gasteiger partial charge in [0, 0.05) is 48.2 Å². The smallest absolute Gasteiger partial charge is 0.232 e. The van der Waals surface area contributed by atoms with Crippen molar-refractivity contribution < 1.29 is 18.7 Å². The first-order chi connectivity index (χ1) is 32.3. The Kier molecular flexibility index (Phi) is 14.6. The molecule has 5 heterocycles. The molecule has 3 aromatic heterocycles. The van der Waals surface area contributed by atoms with Crippen LogP contribution in [0.15, 0.2) is 66.9 Å². The van der Waals surface area contributed by atoms with Crippen molar-refractivity contribution in [3.63, 3.8) is 0 Å². The Labute approximate surface area is 407 Å². The molecule has 368 valence electrons. The molecule has 12 nitrogen and oxygen atoms in total. The van der Waals surface area contributed by atoms with Crippen molar-refractivity contribution in [3.8, 4) is 17.2 Å². The number of carbonyl (C=O) groups is 1. The Morgan fingerprint density at radius 1 is 0.926 bits per heavy atom. The van der Waals surface area contributed by atoms with E-state index in [0.29, 0.717) is 60.1 Å². The first kappa shape index (κ1) is 49.7. The Morgan fingerprint density at radius 2 is 1.65 bits per heavy atom. The predicted molar refractivity (Wildman–Crippen MR) is 277 cm³/mol. The fourth-order valence-electron chi connectivity index (χ4n) is 11.8. The van der Waals surface area contributed by atoms with E-state index < -0.39 is 8.32 Å². The van der Waals surface area contributed by atoms with E-state index in [2.05, 4.69) is 169 Å². The molecule has 2 fully saturated rings. The minimum absolute atomic E-state index is 0.0166. The number of carbonyl (C=O) groups excluding carboxylic acids is 1. The van der Waals surface area contributed by atoms with Crippen LogP contribution in [0.3, 0.4) is 0 Å². The number of piperidine rings is 1. The molecule has 2 saturated heterocycles. The third-order valence-electron chi connectivity index (χ3n) is 16.4. The summed E-state index contributed by atoms with van der Waals surface area (Å²) in [6.45, 7) is 27.2. The second-order valence-corrected chi connectivity index (χ2v) is 27.5. The van der Waals surface area contributed by atoms with Crippen LogP contribution in [0.2, 0.25) is 16.6 Å². The second kappa shape index (κ2) is 19.9. The van der Waals surface area contributed by atoms with Crippen LogP contribution in [0, 0.1) is 5.41 Å². The van der Waals surface area contributed by atoms with Gasteiger partial charge >= 0.3 is 0 Å². The van der Waals surface area contributed by atoms with Gasteiger partial charge in [-0.3, -0.25) is 9.20 Å². The van der Waals surface area contributed by atoms with Gasteiger partial charge in [-0.1, -0.05) is 92.6 Å². The maximum atomic E-state index is 13.9. The van der Waals surface area contributed by atoms with Crippen molar-refractivity contribution in [3.05, 3.63) is 89.2 Å². The Bertz CT molecular complexity index is 2520. The lowest BCUT2D eigenvalue weighted by molar-refractivity contribution is -0.116. The Hall–Kier alpha value is -4.72. The Morgan fingerprint density at radius 3 is 2.34 bits per heavy atom. The second-order valence-electron chi connectivity index (χ2n) is 22.7. The van der Waals surface area contributed by atoms with Crippen LogP contribution in [-0.4, -0.2) is 82.8 Å². The molecule has 68 heavy (non-hydrogen) atoms. The molecule has 0 saturated carbocycles. The number of amides is 1. The highest BCUT2D eigenvalue weighted by atomic mass is 28.4. The van der Waals surface area contributed by atoms with Gasteiger partial charge in [0.05, 0.1) is 24.2 Å². The van der Waals surface area contributed by atoms with E-state index in [-0.39, 0.29) is 22.8 Å². The number of pyridine rings is 1. The van der Waals surface area contributed by atoms with E-state index in [9.17, 15) is 4.79 Å². The quantitative estimate of drug-likeness (QED) is 0.0911. The summed E-state index contributed by atoms with van der Waals surface area (Å²) in [6.07, 6.45) is 9.54. The molecule has 1 aliphatic carbocycles.